The Balaban J connectivity index is 1.37. The van der Waals surface area contributed by atoms with E-state index < -0.39 is 11.6 Å². The van der Waals surface area contributed by atoms with E-state index in [1.165, 1.54) is 6.07 Å². The highest BCUT2D eigenvalue weighted by atomic mass is 19.2. The second kappa shape index (κ2) is 8.34. The average Bonchev–Trinajstić information content (AvgIpc) is 2.74. The van der Waals surface area contributed by atoms with Gasteiger partial charge in [0.2, 0.25) is 11.9 Å². The molecule has 0 spiro atoms. The van der Waals surface area contributed by atoms with Crippen LogP contribution in [0.2, 0.25) is 0 Å². The van der Waals surface area contributed by atoms with Crippen LogP contribution in [0.25, 0.3) is 10.9 Å². The van der Waals surface area contributed by atoms with Gasteiger partial charge in [-0.2, -0.15) is 0 Å². The fourth-order valence-electron chi connectivity index (χ4n) is 3.85. The van der Waals surface area contributed by atoms with Crippen LogP contribution in [0.3, 0.4) is 0 Å². The maximum absolute atomic E-state index is 13.3. The number of carbonyl (C=O) groups excluding carboxylic acids is 1. The summed E-state index contributed by atoms with van der Waals surface area (Å²) in [5, 5.41) is 3.88. The van der Waals surface area contributed by atoms with Crippen molar-refractivity contribution in [3.8, 4) is 0 Å². The van der Waals surface area contributed by atoms with Crippen molar-refractivity contribution in [2.24, 2.45) is 5.92 Å². The van der Waals surface area contributed by atoms with Crippen molar-refractivity contribution in [2.45, 2.75) is 33.2 Å². The Morgan fingerprint density at radius 1 is 1.07 bits per heavy atom. The Morgan fingerprint density at radius 3 is 2.57 bits per heavy atom. The SMILES string of the molecule is Cc1ccc2c(C)nc(N3CCC(C(=O)NCc4ccc(F)c(F)c4)CC3)nc2c1. The predicted octanol–water partition coefficient (Wildman–Crippen LogP) is 4.06. The molecule has 30 heavy (non-hydrogen) atoms. The van der Waals surface area contributed by atoms with Crippen LogP contribution in [0.1, 0.15) is 29.7 Å². The standard InChI is InChI=1S/C23H24F2N4O/c1-14-3-5-18-15(2)27-23(28-21(18)11-14)29-9-7-17(8-10-29)22(30)26-13-16-4-6-19(24)20(25)12-16/h3-6,11-12,17H,7-10,13H2,1-2H3,(H,26,30). The smallest absolute Gasteiger partial charge is 0.226 e. The Hall–Kier alpha value is -3.09. The van der Waals surface area contributed by atoms with E-state index in [1.54, 1.807) is 0 Å². The predicted molar refractivity (Wildman–Crippen MR) is 112 cm³/mol. The number of halogens is 2. The zero-order chi connectivity index (χ0) is 21.3. The van der Waals surface area contributed by atoms with Gasteiger partial charge in [-0.3, -0.25) is 4.79 Å². The minimum Gasteiger partial charge on any atom is -0.352 e. The van der Waals surface area contributed by atoms with E-state index in [1.807, 2.05) is 19.9 Å². The molecule has 2 aromatic carbocycles. The molecule has 1 aliphatic heterocycles. The molecule has 3 aromatic rings. The summed E-state index contributed by atoms with van der Waals surface area (Å²) in [7, 11) is 0. The zero-order valence-electron chi connectivity index (χ0n) is 17.1. The summed E-state index contributed by atoms with van der Waals surface area (Å²) in [4.78, 5) is 24.0. The molecule has 1 fully saturated rings. The molecule has 0 saturated carbocycles. The first-order valence-corrected chi connectivity index (χ1v) is 10.1. The van der Waals surface area contributed by atoms with Crippen LogP contribution in [0.4, 0.5) is 14.7 Å². The topological polar surface area (TPSA) is 58.1 Å². The number of nitrogens with one attached hydrogen (secondary N) is 1. The molecule has 1 amide bonds. The summed E-state index contributed by atoms with van der Waals surface area (Å²) in [6, 6.07) is 9.83. The van der Waals surface area contributed by atoms with Crippen molar-refractivity contribution in [1.82, 2.24) is 15.3 Å². The number of carbonyl (C=O) groups is 1. The molecule has 4 rings (SSSR count). The van der Waals surface area contributed by atoms with Crippen LogP contribution in [0.5, 0.6) is 0 Å². The third-order valence-corrected chi connectivity index (χ3v) is 5.63. The summed E-state index contributed by atoms with van der Waals surface area (Å²) in [5.74, 6) is -1.28. The molecule has 2 heterocycles. The van der Waals surface area contributed by atoms with Crippen LogP contribution in [0.15, 0.2) is 36.4 Å². The molecule has 0 unspecified atom stereocenters. The Morgan fingerprint density at radius 2 is 1.83 bits per heavy atom. The lowest BCUT2D eigenvalue weighted by Gasteiger charge is -2.31. The van der Waals surface area contributed by atoms with Crippen molar-refractivity contribution < 1.29 is 13.6 Å². The largest absolute Gasteiger partial charge is 0.352 e. The molecule has 1 saturated heterocycles. The Kier molecular flexibility index (Phi) is 5.61. The minimum atomic E-state index is -0.907. The maximum Gasteiger partial charge on any atom is 0.226 e. The van der Waals surface area contributed by atoms with E-state index in [2.05, 4.69) is 27.3 Å². The molecule has 5 nitrogen and oxygen atoms in total. The van der Waals surface area contributed by atoms with Gasteiger partial charge in [-0.15, -0.1) is 0 Å². The number of amides is 1. The van der Waals surface area contributed by atoms with Gasteiger partial charge in [-0.25, -0.2) is 18.7 Å². The maximum atomic E-state index is 13.3. The Labute approximate surface area is 174 Å². The van der Waals surface area contributed by atoms with E-state index >= 15 is 0 Å². The molecule has 0 atom stereocenters. The molecule has 1 N–H and O–H groups in total. The number of rotatable bonds is 4. The van der Waals surface area contributed by atoms with Gasteiger partial charge in [0.05, 0.1) is 11.2 Å². The van der Waals surface area contributed by atoms with Gasteiger partial charge in [0.15, 0.2) is 11.6 Å². The molecule has 0 radical (unpaired) electrons. The molecule has 0 bridgehead atoms. The van der Waals surface area contributed by atoms with Crippen molar-refractivity contribution in [1.29, 1.82) is 0 Å². The van der Waals surface area contributed by atoms with Crippen LogP contribution >= 0.6 is 0 Å². The van der Waals surface area contributed by atoms with Gasteiger partial charge in [0.25, 0.3) is 0 Å². The van der Waals surface area contributed by atoms with E-state index in [4.69, 9.17) is 4.98 Å². The molecule has 1 aliphatic rings. The third kappa shape index (κ3) is 4.25. The van der Waals surface area contributed by atoms with Crippen LogP contribution < -0.4 is 10.2 Å². The number of nitrogens with zero attached hydrogens (tertiary/aromatic N) is 3. The van der Waals surface area contributed by atoms with Gasteiger partial charge >= 0.3 is 0 Å². The normalized spacial score (nSPS) is 14.9. The number of anilines is 1. The van der Waals surface area contributed by atoms with E-state index in [0.29, 0.717) is 37.4 Å². The van der Waals surface area contributed by atoms with Gasteiger partial charge in [-0.1, -0.05) is 18.2 Å². The van der Waals surface area contributed by atoms with Crippen LogP contribution in [0, 0.1) is 31.4 Å². The molecule has 1 aromatic heterocycles. The summed E-state index contributed by atoms with van der Waals surface area (Å²) in [6.45, 7) is 5.60. The molecule has 156 valence electrons. The lowest BCUT2D eigenvalue weighted by Crippen LogP contribution is -2.41. The van der Waals surface area contributed by atoms with Gasteiger partial charge in [0, 0.05) is 30.9 Å². The first-order chi connectivity index (χ1) is 14.4. The minimum absolute atomic E-state index is 0.0642. The fourth-order valence-corrected chi connectivity index (χ4v) is 3.85. The van der Waals surface area contributed by atoms with Gasteiger partial charge in [0.1, 0.15) is 0 Å². The quantitative estimate of drug-likeness (QED) is 0.705. The van der Waals surface area contributed by atoms with E-state index in [0.717, 1.165) is 34.3 Å². The highest BCUT2D eigenvalue weighted by Crippen LogP contribution is 2.24. The third-order valence-electron chi connectivity index (χ3n) is 5.63. The lowest BCUT2D eigenvalue weighted by molar-refractivity contribution is -0.125. The summed E-state index contributed by atoms with van der Waals surface area (Å²) >= 11 is 0. The van der Waals surface area contributed by atoms with Crippen molar-refractivity contribution >= 4 is 22.8 Å². The van der Waals surface area contributed by atoms with Gasteiger partial charge in [-0.05, 0) is 56.0 Å². The molecule has 0 aliphatic carbocycles. The Bertz CT molecular complexity index is 1090. The van der Waals surface area contributed by atoms with Crippen molar-refractivity contribution in [3.05, 3.63) is 64.9 Å². The van der Waals surface area contributed by atoms with E-state index in [-0.39, 0.29) is 18.4 Å². The summed E-state index contributed by atoms with van der Waals surface area (Å²) in [5.41, 5.74) is 3.57. The number of hydrogen-bond donors (Lipinski definition) is 1. The van der Waals surface area contributed by atoms with Crippen molar-refractivity contribution in [3.63, 3.8) is 0 Å². The lowest BCUT2D eigenvalue weighted by atomic mass is 9.96. The van der Waals surface area contributed by atoms with E-state index in [9.17, 15) is 13.6 Å². The number of benzene rings is 2. The second-order valence-corrected chi connectivity index (χ2v) is 7.86. The number of hydrogen-bond acceptors (Lipinski definition) is 4. The highest BCUT2D eigenvalue weighted by Gasteiger charge is 2.26. The van der Waals surface area contributed by atoms with Crippen LogP contribution in [-0.4, -0.2) is 29.0 Å². The number of aryl methyl sites for hydroxylation is 2. The van der Waals surface area contributed by atoms with Crippen molar-refractivity contribution in [2.75, 3.05) is 18.0 Å². The number of aromatic nitrogens is 2. The first kappa shape index (κ1) is 20.2. The molecular weight excluding hydrogens is 386 g/mol. The monoisotopic (exact) mass is 410 g/mol. The zero-order valence-corrected chi connectivity index (χ0v) is 17.1. The molecular formula is C23H24F2N4O. The van der Waals surface area contributed by atoms with Crippen LogP contribution in [-0.2, 0) is 11.3 Å². The number of fused-ring (bicyclic) bond motifs is 1. The summed E-state index contributed by atoms with van der Waals surface area (Å²) < 4.78 is 26.3. The molecule has 7 heteroatoms. The second-order valence-electron chi connectivity index (χ2n) is 7.86. The summed E-state index contributed by atoms with van der Waals surface area (Å²) in [6.07, 6.45) is 1.38. The fraction of sp³-hybridized carbons (Fsp3) is 0.348. The average molecular weight is 410 g/mol. The highest BCUT2D eigenvalue weighted by molar-refractivity contribution is 5.82. The first-order valence-electron chi connectivity index (χ1n) is 10.1. The van der Waals surface area contributed by atoms with Gasteiger partial charge < -0.3 is 10.2 Å². The number of piperidine rings is 1.